The average molecular weight is 340 g/mol. The van der Waals surface area contributed by atoms with E-state index in [1.807, 2.05) is 0 Å². The molecule has 0 unspecified atom stereocenters. The van der Waals surface area contributed by atoms with Crippen molar-refractivity contribution < 1.29 is 24.0 Å². The smallest absolute Gasteiger partial charge is 0.341 e. The number of nitro groups is 1. The van der Waals surface area contributed by atoms with E-state index in [-0.39, 0.29) is 12.8 Å². The third-order valence-electron chi connectivity index (χ3n) is 2.14. The van der Waals surface area contributed by atoms with Crippen LogP contribution in [-0.2, 0) is 19.1 Å². The van der Waals surface area contributed by atoms with Gasteiger partial charge in [0.25, 0.3) is 0 Å². The second-order valence-corrected chi connectivity index (χ2v) is 5.47. The van der Waals surface area contributed by atoms with Gasteiger partial charge in [0, 0.05) is 33.7 Å². The predicted molar refractivity (Wildman–Crippen MR) is 70.4 cm³/mol. The Morgan fingerprint density at radius 2 is 1.47 bits per heavy atom. The molecule has 0 aliphatic heterocycles. The van der Waals surface area contributed by atoms with Crippen LogP contribution in [0.3, 0.4) is 0 Å². The van der Waals surface area contributed by atoms with Gasteiger partial charge in [0.2, 0.25) is 0 Å². The third kappa shape index (κ3) is 7.09. The molecular weight excluding hydrogens is 322 g/mol. The molecule has 7 nitrogen and oxygen atoms in total. The van der Waals surface area contributed by atoms with Crippen molar-refractivity contribution in [1.29, 1.82) is 0 Å². The number of esters is 2. The Morgan fingerprint density at radius 1 is 1.11 bits per heavy atom. The van der Waals surface area contributed by atoms with Crippen LogP contribution in [-0.4, -0.2) is 34.5 Å². The van der Waals surface area contributed by atoms with Crippen molar-refractivity contribution in [2.75, 3.05) is 13.2 Å². The number of halogens is 1. The van der Waals surface area contributed by atoms with Gasteiger partial charge < -0.3 is 9.47 Å². The number of carbonyl (C=O) groups is 2. The molecule has 110 valence electrons. The lowest BCUT2D eigenvalue weighted by molar-refractivity contribution is -0.541. The summed E-state index contributed by atoms with van der Waals surface area (Å²) in [5.41, 5.74) is 0. The fraction of sp³-hybridized carbons (Fsp3) is 0.818. The van der Waals surface area contributed by atoms with E-state index >= 15 is 0 Å². The monoisotopic (exact) mass is 339 g/mol. The molecule has 0 rings (SSSR count). The van der Waals surface area contributed by atoms with Gasteiger partial charge in [0.05, 0.1) is 0 Å². The fourth-order valence-corrected chi connectivity index (χ4v) is 1.31. The molecule has 0 aromatic rings. The van der Waals surface area contributed by atoms with Crippen molar-refractivity contribution in [3.8, 4) is 0 Å². The summed E-state index contributed by atoms with van der Waals surface area (Å²) in [5, 5.41) is 10.9. The number of hydrogen-bond donors (Lipinski definition) is 0. The first-order chi connectivity index (χ1) is 8.85. The van der Waals surface area contributed by atoms with E-state index in [1.54, 1.807) is 13.8 Å². The Labute approximate surface area is 119 Å². The van der Waals surface area contributed by atoms with Gasteiger partial charge in [-0.25, -0.2) is 0 Å². The van der Waals surface area contributed by atoms with Crippen molar-refractivity contribution in [1.82, 2.24) is 0 Å². The SMILES string of the molecule is CCCC(=O)OCC(Br)(COC(=O)CCC)[N+](=O)[O-]. The molecular formula is C11H18BrNO6. The Morgan fingerprint density at radius 3 is 1.74 bits per heavy atom. The van der Waals surface area contributed by atoms with E-state index in [2.05, 4.69) is 15.9 Å². The third-order valence-corrected chi connectivity index (χ3v) is 2.89. The highest BCUT2D eigenvalue weighted by atomic mass is 79.9. The summed E-state index contributed by atoms with van der Waals surface area (Å²) < 4.78 is 7.77. The van der Waals surface area contributed by atoms with Crippen molar-refractivity contribution in [2.45, 2.75) is 44.0 Å². The van der Waals surface area contributed by atoms with E-state index in [4.69, 9.17) is 9.47 Å². The van der Waals surface area contributed by atoms with Gasteiger partial charge in [-0.1, -0.05) is 13.8 Å². The minimum absolute atomic E-state index is 0.191. The summed E-state index contributed by atoms with van der Waals surface area (Å²) in [6.07, 6.45) is 1.57. The topological polar surface area (TPSA) is 95.7 Å². The lowest BCUT2D eigenvalue weighted by atomic mass is 10.3. The zero-order valence-corrected chi connectivity index (χ0v) is 12.6. The van der Waals surface area contributed by atoms with E-state index in [9.17, 15) is 19.7 Å². The second-order valence-electron chi connectivity index (χ2n) is 4.00. The van der Waals surface area contributed by atoms with Crippen LogP contribution in [0.25, 0.3) is 0 Å². The summed E-state index contributed by atoms with van der Waals surface area (Å²) in [5.74, 6) is -1.04. The molecule has 0 atom stereocenters. The first-order valence-electron chi connectivity index (χ1n) is 6.00. The first-order valence-corrected chi connectivity index (χ1v) is 6.79. The maximum absolute atomic E-state index is 11.2. The number of rotatable bonds is 9. The van der Waals surface area contributed by atoms with Crippen molar-refractivity contribution in [3.05, 3.63) is 10.1 Å². The van der Waals surface area contributed by atoms with E-state index in [1.165, 1.54) is 0 Å². The van der Waals surface area contributed by atoms with Gasteiger partial charge in [-0.05, 0) is 12.8 Å². The maximum Gasteiger partial charge on any atom is 0.341 e. The molecule has 0 aromatic heterocycles. The van der Waals surface area contributed by atoms with Crippen LogP contribution < -0.4 is 0 Å². The highest BCUT2D eigenvalue weighted by Gasteiger charge is 2.43. The fourth-order valence-electron chi connectivity index (χ4n) is 1.08. The summed E-state index contributed by atoms with van der Waals surface area (Å²) in [4.78, 5) is 32.6. The summed E-state index contributed by atoms with van der Waals surface area (Å²) in [6, 6.07) is 0. The van der Waals surface area contributed by atoms with Gasteiger partial charge in [-0.15, -0.1) is 0 Å². The maximum atomic E-state index is 11.2. The number of ether oxygens (including phenoxy) is 2. The van der Waals surface area contributed by atoms with E-state index in [0.29, 0.717) is 12.8 Å². The lowest BCUT2D eigenvalue weighted by Crippen LogP contribution is -2.42. The molecule has 19 heavy (non-hydrogen) atoms. The Balaban J connectivity index is 4.38. The van der Waals surface area contributed by atoms with Gasteiger partial charge in [0.1, 0.15) is 0 Å². The second kappa shape index (κ2) is 8.84. The minimum atomic E-state index is -1.79. The molecule has 0 saturated heterocycles. The number of nitrogens with zero attached hydrogens (tertiary/aromatic N) is 1. The highest BCUT2D eigenvalue weighted by molar-refractivity contribution is 9.10. The van der Waals surface area contributed by atoms with Crippen LogP contribution in [0.5, 0.6) is 0 Å². The van der Waals surface area contributed by atoms with Gasteiger partial charge >= 0.3 is 16.4 Å². The number of carbonyl (C=O) groups excluding carboxylic acids is 2. The highest BCUT2D eigenvalue weighted by Crippen LogP contribution is 2.21. The van der Waals surface area contributed by atoms with Crippen LogP contribution in [0.15, 0.2) is 0 Å². The molecule has 0 amide bonds. The minimum Gasteiger partial charge on any atom is -0.457 e. The van der Waals surface area contributed by atoms with Crippen LogP contribution in [0.2, 0.25) is 0 Å². The van der Waals surface area contributed by atoms with Crippen molar-refractivity contribution in [2.24, 2.45) is 0 Å². The normalized spacial score (nSPS) is 10.9. The molecule has 0 saturated carbocycles. The van der Waals surface area contributed by atoms with Crippen molar-refractivity contribution >= 4 is 27.9 Å². The summed E-state index contributed by atoms with van der Waals surface area (Å²) >= 11 is 2.86. The predicted octanol–water partition coefficient (Wildman–Crippen LogP) is 2.04. The van der Waals surface area contributed by atoms with Gasteiger partial charge in [0.15, 0.2) is 13.2 Å². The van der Waals surface area contributed by atoms with Crippen LogP contribution in [0.4, 0.5) is 0 Å². The average Bonchev–Trinajstić information content (AvgIpc) is 2.34. The molecule has 0 bridgehead atoms. The van der Waals surface area contributed by atoms with Gasteiger partial charge in [-0.2, -0.15) is 0 Å². The lowest BCUT2D eigenvalue weighted by Gasteiger charge is -2.18. The number of hydrogen-bond acceptors (Lipinski definition) is 6. The Hall–Kier alpha value is -1.18. The molecule has 0 aromatic carbocycles. The van der Waals surface area contributed by atoms with E-state index < -0.39 is 34.5 Å². The largest absolute Gasteiger partial charge is 0.457 e. The Bertz CT molecular complexity index is 311. The molecule has 0 N–H and O–H groups in total. The summed E-state index contributed by atoms with van der Waals surface area (Å²) in [6.45, 7) is 2.61. The Kier molecular flexibility index (Phi) is 8.29. The quantitative estimate of drug-likeness (QED) is 0.210. The van der Waals surface area contributed by atoms with Gasteiger partial charge in [-0.3, -0.25) is 19.7 Å². The first kappa shape index (κ1) is 17.8. The molecule has 0 fully saturated rings. The van der Waals surface area contributed by atoms with Crippen molar-refractivity contribution in [3.63, 3.8) is 0 Å². The van der Waals surface area contributed by atoms with Crippen LogP contribution >= 0.6 is 15.9 Å². The van der Waals surface area contributed by atoms with Crippen LogP contribution in [0, 0.1) is 10.1 Å². The molecule has 0 aliphatic rings. The molecule has 0 radical (unpaired) electrons. The standard InChI is InChI=1S/C11H18BrNO6/c1-3-5-9(14)18-7-11(12,13(16)17)8-19-10(15)6-4-2/h3-8H2,1-2H3. The molecule has 8 heteroatoms. The van der Waals surface area contributed by atoms with Crippen LogP contribution in [0.1, 0.15) is 39.5 Å². The number of alkyl halides is 1. The zero-order chi connectivity index (χ0) is 14.9. The van der Waals surface area contributed by atoms with E-state index in [0.717, 1.165) is 0 Å². The summed E-state index contributed by atoms with van der Waals surface area (Å²) in [7, 11) is 0. The molecule has 0 aliphatic carbocycles. The molecule has 0 spiro atoms. The zero-order valence-electron chi connectivity index (χ0n) is 11.0. The molecule has 0 heterocycles.